The van der Waals surface area contributed by atoms with Crippen LogP contribution in [-0.2, 0) is 6.42 Å². The molecule has 3 rings (SSSR count). The number of nitrogen functional groups attached to an aromatic ring is 1. The van der Waals surface area contributed by atoms with E-state index in [0.717, 1.165) is 29.3 Å². The van der Waals surface area contributed by atoms with Gasteiger partial charge in [0, 0.05) is 23.9 Å². The maximum atomic E-state index is 5.72. The number of hydrogen-bond acceptors (Lipinski definition) is 4. The van der Waals surface area contributed by atoms with Crippen LogP contribution in [0.2, 0.25) is 0 Å². The fourth-order valence-corrected chi connectivity index (χ4v) is 2.29. The molecule has 0 aliphatic heterocycles. The van der Waals surface area contributed by atoms with Gasteiger partial charge in [0.25, 0.3) is 0 Å². The number of aromatic nitrogens is 4. The standard InChI is InChI=1S/C15H17N5/c1-10(12-3-5-13(16)6-4-12)7-14-18-19-15-8-11(2)17-9-20(14)15/h3-6,8-10H,7,16H2,1-2H3. The Labute approximate surface area is 117 Å². The van der Waals surface area contributed by atoms with E-state index in [4.69, 9.17) is 5.73 Å². The average molecular weight is 267 g/mol. The molecule has 0 saturated heterocycles. The number of hydrogen-bond donors (Lipinski definition) is 1. The van der Waals surface area contributed by atoms with Gasteiger partial charge in [0.1, 0.15) is 12.2 Å². The van der Waals surface area contributed by atoms with Crippen molar-refractivity contribution in [1.29, 1.82) is 0 Å². The van der Waals surface area contributed by atoms with Crippen LogP contribution in [0.15, 0.2) is 36.7 Å². The fraction of sp³-hybridized carbons (Fsp3) is 0.267. The highest BCUT2D eigenvalue weighted by Crippen LogP contribution is 2.21. The molecule has 5 heteroatoms. The maximum absolute atomic E-state index is 5.72. The molecule has 0 radical (unpaired) electrons. The molecule has 2 heterocycles. The topological polar surface area (TPSA) is 69.1 Å². The van der Waals surface area contributed by atoms with Crippen LogP contribution in [-0.4, -0.2) is 19.6 Å². The summed E-state index contributed by atoms with van der Waals surface area (Å²) < 4.78 is 1.95. The molecule has 3 aromatic rings. The van der Waals surface area contributed by atoms with Crippen molar-refractivity contribution in [1.82, 2.24) is 19.6 Å². The Bertz CT molecular complexity index is 730. The first-order valence-corrected chi connectivity index (χ1v) is 6.65. The van der Waals surface area contributed by atoms with Crippen LogP contribution in [0.25, 0.3) is 5.65 Å². The van der Waals surface area contributed by atoms with Crippen LogP contribution in [0.5, 0.6) is 0 Å². The lowest BCUT2D eigenvalue weighted by Crippen LogP contribution is -2.03. The molecule has 1 aromatic carbocycles. The molecule has 20 heavy (non-hydrogen) atoms. The van der Waals surface area contributed by atoms with Crippen LogP contribution in [0.4, 0.5) is 5.69 Å². The zero-order valence-corrected chi connectivity index (χ0v) is 11.6. The first-order valence-electron chi connectivity index (χ1n) is 6.65. The van der Waals surface area contributed by atoms with E-state index in [-0.39, 0.29) is 0 Å². The molecule has 0 saturated carbocycles. The Kier molecular flexibility index (Phi) is 3.10. The third kappa shape index (κ3) is 2.34. The molecular weight excluding hydrogens is 250 g/mol. The number of anilines is 1. The average Bonchev–Trinajstić information content (AvgIpc) is 2.81. The van der Waals surface area contributed by atoms with Gasteiger partial charge < -0.3 is 5.73 Å². The third-order valence-corrected chi connectivity index (χ3v) is 3.50. The summed E-state index contributed by atoms with van der Waals surface area (Å²) in [4.78, 5) is 4.30. The predicted octanol–water partition coefficient (Wildman–Crippen LogP) is 2.36. The summed E-state index contributed by atoms with van der Waals surface area (Å²) in [6.07, 6.45) is 2.60. The predicted molar refractivity (Wildman–Crippen MR) is 78.5 cm³/mol. The second-order valence-corrected chi connectivity index (χ2v) is 5.15. The van der Waals surface area contributed by atoms with Gasteiger partial charge in [0.05, 0.1) is 0 Å². The molecule has 5 nitrogen and oxygen atoms in total. The Morgan fingerprint density at radius 1 is 1.20 bits per heavy atom. The molecule has 0 spiro atoms. The number of rotatable bonds is 3. The lowest BCUT2D eigenvalue weighted by molar-refractivity contribution is 0.707. The molecule has 0 aliphatic rings. The Balaban J connectivity index is 1.87. The third-order valence-electron chi connectivity index (χ3n) is 3.50. The summed E-state index contributed by atoms with van der Waals surface area (Å²) in [7, 11) is 0. The van der Waals surface area contributed by atoms with Gasteiger partial charge in [-0.25, -0.2) is 4.98 Å². The van der Waals surface area contributed by atoms with Gasteiger partial charge in [-0.15, -0.1) is 10.2 Å². The van der Waals surface area contributed by atoms with Crippen LogP contribution in [0.1, 0.15) is 29.9 Å². The van der Waals surface area contributed by atoms with Crippen molar-refractivity contribution < 1.29 is 0 Å². The zero-order chi connectivity index (χ0) is 14.1. The van der Waals surface area contributed by atoms with Gasteiger partial charge in [0.15, 0.2) is 5.65 Å². The summed E-state index contributed by atoms with van der Waals surface area (Å²) in [6.45, 7) is 4.12. The minimum atomic E-state index is 0.351. The normalized spacial score (nSPS) is 12.7. The van der Waals surface area contributed by atoms with E-state index in [9.17, 15) is 0 Å². The second kappa shape index (κ2) is 4.92. The number of aryl methyl sites for hydroxylation is 1. The summed E-state index contributed by atoms with van der Waals surface area (Å²) in [5, 5.41) is 8.46. The molecule has 1 atom stereocenters. The SMILES string of the molecule is Cc1cc2nnc(CC(C)c3ccc(N)cc3)n2cn1. The van der Waals surface area contributed by atoms with Gasteiger partial charge >= 0.3 is 0 Å². The highest BCUT2D eigenvalue weighted by Gasteiger charge is 2.12. The van der Waals surface area contributed by atoms with E-state index >= 15 is 0 Å². The molecule has 0 aliphatic carbocycles. The quantitative estimate of drug-likeness (QED) is 0.740. The van der Waals surface area contributed by atoms with Crippen molar-refractivity contribution in [2.75, 3.05) is 5.73 Å². The zero-order valence-electron chi connectivity index (χ0n) is 11.6. The highest BCUT2D eigenvalue weighted by atomic mass is 15.3. The monoisotopic (exact) mass is 267 g/mol. The van der Waals surface area contributed by atoms with Gasteiger partial charge in [0.2, 0.25) is 0 Å². The van der Waals surface area contributed by atoms with Crippen molar-refractivity contribution in [3.63, 3.8) is 0 Å². The molecular formula is C15H17N5. The molecule has 2 aromatic heterocycles. The van der Waals surface area contributed by atoms with Crippen LogP contribution in [0, 0.1) is 6.92 Å². The summed E-state index contributed by atoms with van der Waals surface area (Å²) >= 11 is 0. The van der Waals surface area contributed by atoms with Crippen molar-refractivity contribution in [2.45, 2.75) is 26.2 Å². The lowest BCUT2D eigenvalue weighted by atomic mass is 9.97. The number of fused-ring (bicyclic) bond motifs is 1. The minimum Gasteiger partial charge on any atom is -0.399 e. The molecule has 0 fully saturated rings. The van der Waals surface area contributed by atoms with Gasteiger partial charge in [-0.05, 0) is 30.5 Å². The van der Waals surface area contributed by atoms with Gasteiger partial charge in [-0.1, -0.05) is 19.1 Å². The lowest BCUT2D eigenvalue weighted by Gasteiger charge is -2.10. The van der Waals surface area contributed by atoms with E-state index in [0.29, 0.717) is 5.92 Å². The molecule has 2 N–H and O–H groups in total. The van der Waals surface area contributed by atoms with Crippen molar-refractivity contribution in [3.8, 4) is 0 Å². The maximum Gasteiger partial charge on any atom is 0.163 e. The Morgan fingerprint density at radius 3 is 2.70 bits per heavy atom. The molecule has 0 amide bonds. The highest BCUT2D eigenvalue weighted by molar-refractivity contribution is 5.41. The van der Waals surface area contributed by atoms with E-state index < -0.39 is 0 Å². The Morgan fingerprint density at radius 2 is 1.95 bits per heavy atom. The minimum absolute atomic E-state index is 0.351. The number of benzene rings is 1. The van der Waals surface area contributed by atoms with Crippen molar-refractivity contribution >= 4 is 11.3 Å². The van der Waals surface area contributed by atoms with E-state index in [2.05, 4.69) is 34.2 Å². The number of nitrogens with zero attached hydrogens (tertiary/aromatic N) is 4. The summed E-state index contributed by atoms with van der Waals surface area (Å²) in [5.41, 5.74) is 9.54. The van der Waals surface area contributed by atoms with Crippen LogP contribution in [0.3, 0.4) is 0 Å². The largest absolute Gasteiger partial charge is 0.399 e. The Hall–Kier alpha value is -2.43. The number of nitrogens with two attached hydrogens (primary N) is 1. The van der Waals surface area contributed by atoms with Crippen molar-refractivity contribution in [2.24, 2.45) is 0 Å². The van der Waals surface area contributed by atoms with Crippen LogP contribution < -0.4 is 5.73 Å². The molecule has 1 unspecified atom stereocenters. The summed E-state index contributed by atoms with van der Waals surface area (Å²) in [5.74, 6) is 1.28. The van der Waals surface area contributed by atoms with E-state index in [1.807, 2.05) is 29.5 Å². The smallest absolute Gasteiger partial charge is 0.163 e. The van der Waals surface area contributed by atoms with Gasteiger partial charge in [-0.2, -0.15) is 0 Å². The second-order valence-electron chi connectivity index (χ2n) is 5.15. The fourth-order valence-electron chi connectivity index (χ4n) is 2.29. The van der Waals surface area contributed by atoms with E-state index in [1.165, 1.54) is 5.56 Å². The first kappa shape index (κ1) is 12.6. The molecule has 0 bridgehead atoms. The van der Waals surface area contributed by atoms with Crippen molar-refractivity contribution in [3.05, 3.63) is 53.7 Å². The van der Waals surface area contributed by atoms with Crippen LogP contribution >= 0.6 is 0 Å². The first-order chi connectivity index (χ1) is 9.63. The van der Waals surface area contributed by atoms with Gasteiger partial charge in [-0.3, -0.25) is 4.40 Å². The van der Waals surface area contributed by atoms with E-state index in [1.54, 1.807) is 6.33 Å². The molecule has 102 valence electrons. The summed E-state index contributed by atoms with van der Waals surface area (Å²) in [6, 6.07) is 9.92.